The van der Waals surface area contributed by atoms with E-state index in [1.807, 2.05) is 31.3 Å². The second-order valence-electron chi connectivity index (χ2n) is 5.44. The van der Waals surface area contributed by atoms with Gasteiger partial charge in [0.05, 0.1) is 24.4 Å². The third-order valence-electron chi connectivity index (χ3n) is 3.65. The second-order valence-corrected chi connectivity index (χ2v) is 5.44. The molecule has 1 aromatic carbocycles. The summed E-state index contributed by atoms with van der Waals surface area (Å²) in [5, 5.41) is 7.27. The zero-order chi connectivity index (χ0) is 16.9. The predicted octanol–water partition coefficient (Wildman–Crippen LogP) is 2.48. The molecular weight excluding hydrogens is 307 g/mol. The number of pyridine rings is 1. The number of nitrogens with zero attached hydrogens (tertiary/aromatic N) is 3. The van der Waals surface area contributed by atoms with Crippen molar-refractivity contribution >= 4 is 5.91 Å². The maximum absolute atomic E-state index is 12.9. The number of aromatic nitrogens is 3. The molecule has 1 amide bonds. The molecule has 0 unspecified atom stereocenters. The summed E-state index contributed by atoms with van der Waals surface area (Å²) < 4.78 is 14.6. The molecule has 0 spiro atoms. The van der Waals surface area contributed by atoms with E-state index in [-0.39, 0.29) is 18.1 Å². The summed E-state index contributed by atoms with van der Waals surface area (Å²) in [6.45, 7) is 0.371. The molecule has 6 heteroatoms. The molecule has 0 saturated carbocycles. The minimum atomic E-state index is -0.309. The van der Waals surface area contributed by atoms with E-state index in [9.17, 15) is 9.18 Å². The van der Waals surface area contributed by atoms with Gasteiger partial charge >= 0.3 is 0 Å². The number of hydrogen-bond donors (Lipinski definition) is 1. The molecule has 0 saturated heterocycles. The van der Waals surface area contributed by atoms with Crippen molar-refractivity contribution in [1.29, 1.82) is 0 Å². The summed E-state index contributed by atoms with van der Waals surface area (Å²) in [6, 6.07) is 13.5. The van der Waals surface area contributed by atoms with Crippen LogP contribution in [0.25, 0.3) is 11.4 Å². The van der Waals surface area contributed by atoms with Gasteiger partial charge in [-0.2, -0.15) is 5.10 Å². The van der Waals surface area contributed by atoms with Gasteiger partial charge < -0.3 is 5.32 Å². The van der Waals surface area contributed by atoms with E-state index in [4.69, 9.17) is 0 Å². The summed E-state index contributed by atoms with van der Waals surface area (Å²) >= 11 is 0. The number of aryl methyl sites for hydroxylation is 1. The Kier molecular flexibility index (Phi) is 4.65. The maximum atomic E-state index is 12.9. The lowest BCUT2D eigenvalue weighted by Crippen LogP contribution is -2.25. The number of carbonyl (C=O) groups excluding carboxylic acids is 1. The quantitative estimate of drug-likeness (QED) is 0.784. The van der Waals surface area contributed by atoms with Crippen LogP contribution in [0, 0.1) is 5.82 Å². The molecule has 0 fully saturated rings. The van der Waals surface area contributed by atoms with Gasteiger partial charge in [0.25, 0.3) is 0 Å². The maximum Gasteiger partial charge on any atom is 0.224 e. The lowest BCUT2D eigenvalue weighted by Gasteiger charge is -2.05. The van der Waals surface area contributed by atoms with Crippen molar-refractivity contribution in [3.05, 3.63) is 71.8 Å². The molecule has 1 N–H and O–H groups in total. The van der Waals surface area contributed by atoms with E-state index in [0.29, 0.717) is 6.54 Å². The van der Waals surface area contributed by atoms with E-state index in [2.05, 4.69) is 15.4 Å². The van der Waals surface area contributed by atoms with Crippen molar-refractivity contribution in [1.82, 2.24) is 20.1 Å². The first-order chi connectivity index (χ1) is 11.6. The highest BCUT2D eigenvalue weighted by Crippen LogP contribution is 2.15. The SMILES string of the molecule is Cn1nc(-c2ccccn2)cc1CNC(=O)Cc1ccc(F)cc1. The fourth-order valence-electron chi connectivity index (χ4n) is 2.35. The predicted molar refractivity (Wildman–Crippen MR) is 88.4 cm³/mol. The molecule has 0 atom stereocenters. The van der Waals surface area contributed by atoms with Crippen LogP contribution in [0.2, 0.25) is 0 Å². The van der Waals surface area contributed by atoms with Crippen LogP contribution in [0.3, 0.4) is 0 Å². The minimum Gasteiger partial charge on any atom is -0.350 e. The molecule has 5 nitrogen and oxygen atoms in total. The number of amides is 1. The second kappa shape index (κ2) is 7.04. The largest absolute Gasteiger partial charge is 0.350 e. The summed E-state index contributed by atoms with van der Waals surface area (Å²) in [5.41, 5.74) is 3.20. The van der Waals surface area contributed by atoms with Crippen molar-refractivity contribution < 1.29 is 9.18 Å². The van der Waals surface area contributed by atoms with Crippen molar-refractivity contribution in [2.24, 2.45) is 7.05 Å². The summed E-state index contributed by atoms with van der Waals surface area (Å²) in [5.74, 6) is -0.432. The zero-order valence-electron chi connectivity index (χ0n) is 13.2. The standard InChI is InChI=1S/C18H17FN4O/c1-23-15(11-17(22-23)16-4-2-3-9-20-16)12-21-18(24)10-13-5-7-14(19)8-6-13/h2-9,11H,10,12H2,1H3,(H,21,24). The molecule has 0 radical (unpaired) electrons. The number of benzene rings is 1. The summed E-state index contributed by atoms with van der Waals surface area (Å²) in [4.78, 5) is 16.3. The van der Waals surface area contributed by atoms with Gasteiger partial charge in [0.1, 0.15) is 11.5 Å². The normalized spacial score (nSPS) is 10.6. The van der Waals surface area contributed by atoms with Crippen LogP contribution in [0.4, 0.5) is 4.39 Å². The van der Waals surface area contributed by atoms with Crippen LogP contribution < -0.4 is 5.32 Å². The Morgan fingerprint density at radius 3 is 2.67 bits per heavy atom. The molecule has 0 bridgehead atoms. The molecule has 0 aliphatic carbocycles. The Morgan fingerprint density at radius 1 is 1.17 bits per heavy atom. The number of hydrogen-bond acceptors (Lipinski definition) is 3. The van der Waals surface area contributed by atoms with Crippen molar-refractivity contribution in [2.45, 2.75) is 13.0 Å². The third kappa shape index (κ3) is 3.84. The Hall–Kier alpha value is -3.02. The smallest absolute Gasteiger partial charge is 0.224 e. The molecule has 3 rings (SSSR count). The fourth-order valence-corrected chi connectivity index (χ4v) is 2.35. The number of nitrogens with one attached hydrogen (secondary N) is 1. The van der Waals surface area contributed by atoms with Gasteiger partial charge in [-0.3, -0.25) is 14.5 Å². The van der Waals surface area contributed by atoms with Gasteiger partial charge in [-0.15, -0.1) is 0 Å². The molecule has 0 aliphatic rings. The highest BCUT2D eigenvalue weighted by molar-refractivity contribution is 5.78. The third-order valence-corrected chi connectivity index (χ3v) is 3.65. The van der Waals surface area contributed by atoms with Crippen LogP contribution in [0.15, 0.2) is 54.7 Å². The van der Waals surface area contributed by atoms with Crippen LogP contribution in [-0.4, -0.2) is 20.7 Å². The highest BCUT2D eigenvalue weighted by Gasteiger charge is 2.10. The Morgan fingerprint density at radius 2 is 1.96 bits per heavy atom. The van der Waals surface area contributed by atoms with Crippen LogP contribution in [0.1, 0.15) is 11.3 Å². The molecule has 24 heavy (non-hydrogen) atoms. The Balaban J connectivity index is 1.61. The molecule has 122 valence electrons. The highest BCUT2D eigenvalue weighted by atomic mass is 19.1. The topological polar surface area (TPSA) is 59.8 Å². The Labute approximate surface area is 139 Å². The average molecular weight is 324 g/mol. The number of rotatable bonds is 5. The lowest BCUT2D eigenvalue weighted by atomic mass is 10.1. The first-order valence-corrected chi connectivity index (χ1v) is 7.57. The first kappa shape index (κ1) is 15.9. The number of carbonyl (C=O) groups is 1. The monoisotopic (exact) mass is 324 g/mol. The molecule has 2 aromatic heterocycles. The van der Waals surface area contributed by atoms with Crippen LogP contribution >= 0.6 is 0 Å². The molecular formula is C18H17FN4O. The van der Waals surface area contributed by atoms with Crippen LogP contribution in [-0.2, 0) is 24.8 Å². The van der Waals surface area contributed by atoms with Crippen molar-refractivity contribution in [3.8, 4) is 11.4 Å². The van der Waals surface area contributed by atoms with Crippen LogP contribution in [0.5, 0.6) is 0 Å². The molecule has 3 aromatic rings. The van der Waals surface area contributed by atoms with Gasteiger partial charge in [0.15, 0.2) is 0 Å². The lowest BCUT2D eigenvalue weighted by molar-refractivity contribution is -0.120. The van der Waals surface area contributed by atoms with Gasteiger partial charge in [-0.05, 0) is 35.9 Å². The summed E-state index contributed by atoms with van der Waals surface area (Å²) in [7, 11) is 1.83. The molecule has 2 heterocycles. The van der Waals surface area contributed by atoms with Gasteiger partial charge in [0.2, 0.25) is 5.91 Å². The van der Waals surface area contributed by atoms with Gasteiger partial charge in [-0.1, -0.05) is 18.2 Å². The van der Waals surface area contributed by atoms with E-state index in [1.165, 1.54) is 12.1 Å². The van der Waals surface area contributed by atoms with E-state index in [1.54, 1.807) is 23.0 Å². The zero-order valence-corrected chi connectivity index (χ0v) is 13.2. The van der Waals surface area contributed by atoms with E-state index < -0.39 is 0 Å². The number of halogens is 1. The van der Waals surface area contributed by atoms with Gasteiger partial charge in [-0.25, -0.2) is 4.39 Å². The van der Waals surface area contributed by atoms with Crippen molar-refractivity contribution in [3.63, 3.8) is 0 Å². The van der Waals surface area contributed by atoms with E-state index in [0.717, 1.165) is 22.6 Å². The molecule has 0 aliphatic heterocycles. The van der Waals surface area contributed by atoms with Crippen molar-refractivity contribution in [2.75, 3.05) is 0 Å². The van der Waals surface area contributed by atoms with E-state index >= 15 is 0 Å². The summed E-state index contributed by atoms with van der Waals surface area (Å²) in [6.07, 6.45) is 1.93. The average Bonchev–Trinajstić information content (AvgIpc) is 2.97. The first-order valence-electron chi connectivity index (χ1n) is 7.57. The Bertz CT molecular complexity index is 828. The minimum absolute atomic E-state index is 0.123. The van der Waals surface area contributed by atoms with Gasteiger partial charge in [0, 0.05) is 13.2 Å². The fraction of sp³-hybridized carbons (Fsp3) is 0.167.